The summed E-state index contributed by atoms with van der Waals surface area (Å²) in [4.78, 5) is 13.3. The molecule has 0 aromatic heterocycles. The maximum Gasteiger partial charge on any atom is 0.325 e. The fraction of sp³-hybridized carbons (Fsp3) is 0.417. The number of benzene rings is 1. The molecule has 0 unspecified atom stereocenters. The van der Waals surface area contributed by atoms with Crippen LogP contribution in [0.4, 0.5) is 0 Å². The van der Waals surface area contributed by atoms with Crippen LogP contribution in [-0.2, 0) is 9.53 Å². The van der Waals surface area contributed by atoms with Crippen molar-refractivity contribution in [3.8, 4) is 0 Å². The molecule has 0 amide bonds. The highest BCUT2D eigenvalue weighted by molar-refractivity contribution is 6.30. The van der Waals surface area contributed by atoms with Crippen molar-refractivity contribution in [3.05, 3.63) is 34.9 Å². The zero-order valence-corrected chi connectivity index (χ0v) is 10.1. The number of carboxylic acid groups (broad SMARTS) is 1. The van der Waals surface area contributed by atoms with Crippen molar-refractivity contribution < 1.29 is 14.6 Å². The van der Waals surface area contributed by atoms with E-state index >= 15 is 0 Å². The molecule has 1 aromatic rings. The van der Waals surface area contributed by atoms with E-state index < -0.39 is 12.0 Å². The summed E-state index contributed by atoms with van der Waals surface area (Å²) in [6, 6.07) is 6.37. The minimum absolute atomic E-state index is 0.557. The lowest BCUT2D eigenvalue weighted by Gasteiger charge is -2.32. The minimum Gasteiger partial charge on any atom is -0.480 e. The Hall–Kier alpha value is -1.10. The summed E-state index contributed by atoms with van der Waals surface area (Å²) in [5.41, 5.74) is 0.715. The molecule has 1 saturated heterocycles. The number of rotatable bonds is 3. The summed E-state index contributed by atoms with van der Waals surface area (Å²) in [5, 5.41) is 9.90. The average molecular weight is 256 g/mol. The Bertz CT molecular complexity index is 404. The number of halogens is 1. The first kappa shape index (κ1) is 12.4. The van der Waals surface area contributed by atoms with Crippen molar-refractivity contribution in [1.29, 1.82) is 0 Å². The van der Waals surface area contributed by atoms with E-state index in [4.69, 9.17) is 16.3 Å². The van der Waals surface area contributed by atoms with Gasteiger partial charge in [-0.3, -0.25) is 9.69 Å². The van der Waals surface area contributed by atoms with Gasteiger partial charge in [-0.15, -0.1) is 0 Å². The van der Waals surface area contributed by atoms with Crippen LogP contribution in [0.15, 0.2) is 24.3 Å². The van der Waals surface area contributed by atoms with Crippen LogP contribution in [0.2, 0.25) is 5.02 Å². The molecular weight excluding hydrogens is 242 g/mol. The molecule has 0 radical (unpaired) electrons. The Labute approximate surface area is 105 Å². The predicted molar refractivity (Wildman–Crippen MR) is 64.2 cm³/mol. The van der Waals surface area contributed by atoms with Gasteiger partial charge in [0.05, 0.1) is 13.2 Å². The zero-order valence-electron chi connectivity index (χ0n) is 9.30. The van der Waals surface area contributed by atoms with Crippen LogP contribution in [0.1, 0.15) is 11.6 Å². The monoisotopic (exact) mass is 255 g/mol. The SMILES string of the molecule is O=C(O)[C@H](c1cccc(Cl)c1)N1CCOCC1. The second kappa shape index (κ2) is 5.49. The molecule has 1 aliphatic rings. The molecule has 1 aliphatic heterocycles. The van der Waals surface area contributed by atoms with E-state index in [0.717, 1.165) is 0 Å². The number of ether oxygens (including phenoxy) is 1. The van der Waals surface area contributed by atoms with Gasteiger partial charge in [-0.2, -0.15) is 0 Å². The average Bonchev–Trinajstić information content (AvgIpc) is 2.30. The lowest BCUT2D eigenvalue weighted by Crippen LogP contribution is -2.42. The fourth-order valence-electron chi connectivity index (χ4n) is 2.02. The fourth-order valence-corrected chi connectivity index (χ4v) is 2.22. The van der Waals surface area contributed by atoms with E-state index in [-0.39, 0.29) is 0 Å². The molecule has 1 aromatic carbocycles. The van der Waals surface area contributed by atoms with Crippen molar-refractivity contribution in [2.75, 3.05) is 26.3 Å². The van der Waals surface area contributed by atoms with Crippen molar-refractivity contribution >= 4 is 17.6 Å². The Kier molecular flexibility index (Phi) is 3.99. The molecule has 2 rings (SSSR count). The first-order chi connectivity index (χ1) is 8.18. The van der Waals surface area contributed by atoms with Gasteiger partial charge in [0.2, 0.25) is 0 Å². The topological polar surface area (TPSA) is 49.8 Å². The molecular formula is C12H14ClNO3. The molecule has 0 spiro atoms. The van der Waals surface area contributed by atoms with Gasteiger partial charge in [0.25, 0.3) is 0 Å². The molecule has 0 aliphatic carbocycles. The van der Waals surface area contributed by atoms with E-state index in [1.165, 1.54) is 0 Å². The molecule has 5 heteroatoms. The predicted octanol–water partition coefficient (Wildman–Crippen LogP) is 1.80. The summed E-state index contributed by atoms with van der Waals surface area (Å²) in [7, 11) is 0. The van der Waals surface area contributed by atoms with Gasteiger partial charge in [0.15, 0.2) is 0 Å². The van der Waals surface area contributed by atoms with Crippen LogP contribution in [0.5, 0.6) is 0 Å². The van der Waals surface area contributed by atoms with Gasteiger partial charge in [0.1, 0.15) is 6.04 Å². The third-order valence-electron chi connectivity index (χ3n) is 2.81. The third kappa shape index (κ3) is 2.97. The molecule has 0 saturated carbocycles. The molecule has 1 heterocycles. The standard InChI is InChI=1S/C12H14ClNO3/c13-10-3-1-2-9(8-10)11(12(15)16)14-4-6-17-7-5-14/h1-3,8,11H,4-7H2,(H,15,16)/t11-/m0/s1. The van der Waals surface area contributed by atoms with Gasteiger partial charge < -0.3 is 9.84 Å². The lowest BCUT2D eigenvalue weighted by atomic mass is 10.1. The number of carbonyl (C=O) groups is 1. The number of hydrogen-bond donors (Lipinski definition) is 1. The molecule has 4 nitrogen and oxygen atoms in total. The van der Waals surface area contributed by atoms with Gasteiger partial charge in [0, 0.05) is 18.1 Å². The maximum absolute atomic E-state index is 11.4. The van der Waals surface area contributed by atoms with E-state index in [0.29, 0.717) is 36.9 Å². The summed E-state index contributed by atoms with van der Waals surface area (Å²) in [5.74, 6) is -0.853. The summed E-state index contributed by atoms with van der Waals surface area (Å²) < 4.78 is 5.23. The number of morpholine rings is 1. The highest BCUT2D eigenvalue weighted by Crippen LogP contribution is 2.24. The van der Waals surface area contributed by atoms with Crippen molar-refractivity contribution in [2.45, 2.75) is 6.04 Å². The Morgan fingerprint density at radius 2 is 2.12 bits per heavy atom. The minimum atomic E-state index is -0.853. The smallest absolute Gasteiger partial charge is 0.325 e. The first-order valence-electron chi connectivity index (χ1n) is 5.48. The first-order valence-corrected chi connectivity index (χ1v) is 5.86. The van der Waals surface area contributed by atoms with E-state index in [1.807, 2.05) is 4.90 Å². The van der Waals surface area contributed by atoms with E-state index in [9.17, 15) is 9.90 Å². The molecule has 1 N–H and O–H groups in total. The van der Waals surface area contributed by atoms with E-state index in [1.54, 1.807) is 24.3 Å². The number of nitrogens with zero attached hydrogens (tertiary/aromatic N) is 1. The Morgan fingerprint density at radius 3 is 2.71 bits per heavy atom. The molecule has 1 atom stereocenters. The van der Waals surface area contributed by atoms with Crippen LogP contribution in [-0.4, -0.2) is 42.3 Å². The van der Waals surface area contributed by atoms with Gasteiger partial charge >= 0.3 is 5.97 Å². The normalized spacial score (nSPS) is 18.9. The quantitative estimate of drug-likeness (QED) is 0.895. The molecule has 1 fully saturated rings. The summed E-state index contributed by atoms with van der Waals surface area (Å²) >= 11 is 5.90. The van der Waals surface area contributed by atoms with Crippen LogP contribution < -0.4 is 0 Å². The lowest BCUT2D eigenvalue weighted by molar-refractivity contribution is -0.145. The van der Waals surface area contributed by atoms with Gasteiger partial charge in [-0.05, 0) is 17.7 Å². The van der Waals surface area contributed by atoms with Gasteiger partial charge in [-0.25, -0.2) is 0 Å². The van der Waals surface area contributed by atoms with Crippen LogP contribution in [0.3, 0.4) is 0 Å². The highest BCUT2D eigenvalue weighted by Gasteiger charge is 2.28. The second-order valence-electron chi connectivity index (χ2n) is 3.94. The Balaban J connectivity index is 2.25. The van der Waals surface area contributed by atoms with Crippen molar-refractivity contribution in [1.82, 2.24) is 4.90 Å². The highest BCUT2D eigenvalue weighted by atomic mass is 35.5. The second-order valence-corrected chi connectivity index (χ2v) is 4.38. The van der Waals surface area contributed by atoms with Gasteiger partial charge in [-0.1, -0.05) is 23.7 Å². The van der Waals surface area contributed by atoms with E-state index in [2.05, 4.69) is 0 Å². The third-order valence-corrected chi connectivity index (χ3v) is 3.04. The van der Waals surface area contributed by atoms with Crippen molar-refractivity contribution in [2.24, 2.45) is 0 Å². The molecule has 17 heavy (non-hydrogen) atoms. The van der Waals surface area contributed by atoms with Crippen LogP contribution in [0, 0.1) is 0 Å². The maximum atomic E-state index is 11.4. The van der Waals surface area contributed by atoms with Crippen molar-refractivity contribution in [3.63, 3.8) is 0 Å². The molecule has 92 valence electrons. The number of aliphatic carboxylic acids is 1. The van der Waals surface area contributed by atoms with Crippen LogP contribution >= 0.6 is 11.6 Å². The molecule has 0 bridgehead atoms. The summed E-state index contributed by atoms with van der Waals surface area (Å²) in [6.07, 6.45) is 0. The Morgan fingerprint density at radius 1 is 1.41 bits per heavy atom. The van der Waals surface area contributed by atoms with Crippen LogP contribution in [0.25, 0.3) is 0 Å². The number of hydrogen-bond acceptors (Lipinski definition) is 3. The zero-order chi connectivity index (χ0) is 12.3. The largest absolute Gasteiger partial charge is 0.480 e. The number of carboxylic acids is 1. The summed E-state index contributed by atoms with van der Waals surface area (Å²) in [6.45, 7) is 2.40.